The lowest BCUT2D eigenvalue weighted by Gasteiger charge is -2.21. The standard InChI is InChI=1S/C29H42N2O3S/c1-5-13-30(14-6-2)17-19-33-23-10-12-27-26(21-23)29(32)25-11-9-24(22-28(25)35-27)34-20-18-31(15-7-3)16-8-4/h9-12,21-22H,5-8,13-20H2,1-4H3. The quantitative estimate of drug-likeness (QED) is 0.213. The van der Waals surface area contributed by atoms with E-state index in [1.807, 2.05) is 36.4 Å². The highest BCUT2D eigenvalue weighted by molar-refractivity contribution is 7.24. The molecule has 3 aromatic rings. The fourth-order valence-electron chi connectivity index (χ4n) is 4.51. The van der Waals surface area contributed by atoms with Crippen LogP contribution in [0, 0.1) is 0 Å². The van der Waals surface area contributed by atoms with E-state index in [9.17, 15) is 4.79 Å². The molecule has 0 saturated heterocycles. The summed E-state index contributed by atoms with van der Waals surface area (Å²) >= 11 is 1.63. The molecule has 35 heavy (non-hydrogen) atoms. The molecule has 0 aliphatic carbocycles. The second-order valence-corrected chi connectivity index (χ2v) is 10.2. The largest absolute Gasteiger partial charge is 0.492 e. The summed E-state index contributed by atoms with van der Waals surface area (Å²) < 4.78 is 14.0. The van der Waals surface area contributed by atoms with Crippen LogP contribution in [0.1, 0.15) is 53.4 Å². The van der Waals surface area contributed by atoms with Crippen LogP contribution in [0.25, 0.3) is 20.2 Å². The summed E-state index contributed by atoms with van der Waals surface area (Å²) in [4.78, 5) is 18.1. The monoisotopic (exact) mass is 498 g/mol. The molecule has 0 aliphatic heterocycles. The zero-order chi connectivity index (χ0) is 25.0. The minimum Gasteiger partial charge on any atom is -0.492 e. The van der Waals surface area contributed by atoms with Crippen LogP contribution in [0.5, 0.6) is 11.5 Å². The minimum absolute atomic E-state index is 0.0569. The van der Waals surface area contributed by atoms with Crippen molar-refractivity contribution in [2.24, 2.45) is 0 Å². The molecule has 0 radical (unpaired) electrons. The molecule has 1 heterocycles. The lowest BCUT2D eigenvalue weighted by molar-refractivity contribution is 0.209. The number of hydrogen-bond donors (Lipinski definition) is 0. The van der Waals surface area contributed by atoms with Crippen LogP contribution in [0.3, 0.4) is 0 Å². The molecule has 2 aromatic carbocycles. The van der Waals surface area contributed by atoms with Gasteiger partial charge in [0.25, 0.3) is 0 Å². The van der Waals surface area contributed by atoms with Gasteiger partial charge in [0.05, 0.1) is 0 Å². The molecule has 192 valence electrons. The molecule has 5 nitrogen and oxygen atoms in total. The molecule has 0 atom stereocenters. The van der Waals surface area contributed by atoms with Crippen LogP contribution in [0.2, 0.25) is 0 Å². The Hall–Kier alpha value is -2.15. The van der Waals surface area contributed by atoms with E-state index in [1.165, 1.54) is 0 Å². The predicted octanol–water partition coefficient (Wildman–Crippen LogP) is 6.42. The normalized spacial score (nSPS) is 11.7. The number of benzene rings is 2. The van der Waals surface area contributed by atoms with E-state index in [-0.39, 0.29) is 5.43 Å². The smallest absolute Gasteiger partial charge is 0.196 e. The summed E-state index contributed by atoms with van der Waals surface area (Å²) in [6, 6.07) is 11.7. The van der Waals surface area contributed by atoms with Gasteiger partial charge in [0.1, 0.15) is 24.7 Å². The van der Waals surface area contributed by atoms with Crippen LogP contribution < -0.4 is 14.9 Å². The van der Waals surface area contributed by atoms with Crippen LogP contribution in [-0.2, 0) is 0 Å². The maximum absolute atomic E-state index is 13.2. The maximum atomic E-state index is 13.2. The summed E-state index contributed by atoms with van der Waals surface area (Å²) in [5.74, 6) is 1.59. The Morgan fingerprint density at radius 3 is 1.69 bits per heavy atom. The molecule has 0 aliphatic rings. The molecular formula is C29H42N2O3S. The first-order valence-corrected chi connectivity index (χ1v) is 14.1. The highest BCUT2D eigenvalue weighted by Gasteiger charge is 2.10. The highest BCUT2D eigenvalue weighted by Crippen LogP contribution is 2.29. The van der Waals surface area contributed by atoms with Gasteiger partial charge in [0, 0.05) is 33.3 Å². The van der Waals surface area contributed by atoms with Gasteiger partial charge in [0.2, 0.25) is 0 Å². The van der Waals surface area contributed by atoms with E-state index < -0.39 is 0 Å². The average Bonchev–Trinajstić information content (AvgIpc) is 2.85. The van der Waals surface area contributed by atoms with Crippen LogP contribution >= 0.6 is 11.3 Å². The van der Waals surface area contributed by atoms with Crippen molar-refractivity contribution in [3.63, 3.8) is 0 Å². The third-order valence-corrected chi connectivity index (χ3v) is 7.26. The van der Waals surface area contributed by atoms with Crippen molar-refractivity contribution in [3.05, 3.63) is 46.6 Å². The Labute approximate surface area is 214 Å². The molecule has 0 N–H and O–H groups in total. The first-order valence-electron chi connectivity index (χ1n) is 13.3. The number of nitrogens with zero attached hydrogens (tertiary/aromatic N) is 2. The summed E-state index contributed by atoms with van der Waals surface area (Å²) in [7, 11) is 0. The molecule has 0 unspecified atom stereocenters. The van der Waals surface area contributed by atoms with Crippen molar-refractivity contribution in [3.8, 4) is 11.5 Å². The van der Waals surface area contributed by atoms with Gasteiger partial charge in [-0.2, -0.15) is 0 Å². The zero-order valence-corrected chi connectivity index (χ0v) is 22.8. The van der Waals surface area contributed by atoms with E-state index in [2.05, 4.69) is 37.5 Å². The molecule has 0 amide bonds. The molecule has 1 aromatic heterocycles. The van der Waals surface area contributed by atoms with E-state index in [0.717, 1.165) is 96.6 Å². The summed E-state index contributed by atoms with van der Waals surface area (Å²) in [6.45, 7) is 16.3. The Morgan fingerprint density at radius 2 is 1.14 bits per heavy atom. The van der Waals surface area contributed by atoms with Gasteiger partial charge in [-0.1, -0.05) is 27.7 Å². The zero-order valence-electron chi connectivity index (χ0n) is 22.0. The summed E-state index contributed by atoms with van der Waals surface area (Å²) in [5, 5.41) is 1.46. The second kappa shape index (κ2) is 14.4. The lowest BCUT2D eigenvalue weighted by Crippen LogP contribution is -2.30. The minimum atomic E-state index is 0.0569. The number of hydrogen-bond acceptors (Lipinski definition) is 6. The Morgan fingerprint density at radius 1 is 0.629 bits per heavy atom. The highest BCUT2D eigenvalue weighted by atomic mass is 32.1. The predicted molar refractivity (Wildman–Crippen MR) is 151 cm³/mol. The SMILES string of the molecule is CCCN(CCC)CCOc1ccc2c(=O)c3cc(OCCN(CCC)CCC)ccc3sc2c1. The van der Waals surface area contributed by atoms with Crippen molar-refractivity contribution in [1.82, 2.24) is 9.80 Å². The molecule has 3 rings (SSSR count). The van der Waals surface area contributed by atoms with Gasteiger partial charge in [-0.05, 0) is 88.3 Å². The molecule has 0 bridgehead atoms. The van der Waals surface area contributed by atoms with Crippen molar-refractivity contribution >= 4 is 31.5 Å². The molecule has 0 spiro atoms. The van der Waals surface area contributed by atoms with E-state index in [1.54, 1.807) is 11.3 Å². The van der Waals surface area contributed by atoms with E-state index in [0.29, 0.717) is 13.2 Å². The Bertz CT molecular complexity index is 1100. The third-order valence-electron chi connectivity index (χ3n) is 6.13. The van der Waals surface area contributed by atoms with E-state index in [4.69, 9.17) is 9.47 Å². The van der Waals surface area contributed by atoms with Gasteiger partial charge < -0.3 is 9.47 Å². The van der Waals surface area contributed by atoms with Gasteiger partial charge in [0.15, 0.2) is 5.43 Å². The molecule has 0 saturated carbocycles. The van der Waals surface area contributed by atoms with Crippen LogP contribution in [0.15, 0.2) is 41.2 Å². The fourth-order valence-corrected chi connectivity index (χ4v) is 5.59. The van der Waals surface area contributed by atoms with Gasteiger partial charge >= 0.3 is 0 Å². The fraction of sp³-hybridized carbons (Fsp3) is 0.552. The van der Waals surface area contributed by atoms with Gasteiger partial charge in [-0.15, -0.1) is 11.3 Å². The van der Waals surface area contributed by atoms with E-state index >= 15 is 0 Å². The number of rotatable bonds is 16. The van der Waals surface area contributed by atoms with Crippen molar-refractivity contribution in [1.29, 1.82) is 0 Å². The molecule has 0 fully saturated rings. The first kappa shape index (κ1) is 27.4. The van der Waals surface area contributed by atoms with Crippen LogP contribution in [0.4, 0.5) is 0 Å². The lowest BCUT2D eigenvalue weighted by atomic mass is 10.1. The van der Waals surface area contributed by atoms with Gasteiger partial charge in [-0.3, -0.25) is 14.6 Å². The topological polar surface area (TPSA) is 42.0 Å². The van der Waals surface area contributed by atoms with Crippen molar-refractivity contribution < 1.29 is 9.47 Å². The summed E-state index contributed by atoms with van der Waals surface area (Å²) in [5.41, 5.74) is 0.0569. The second-order valence-electron chi connectivity index (χ2n) is 9.13. The maximum Gasteiger partial charge on any atom is 0.196 e. The number of fused-ring (bicyclic) bond motifs is 2. The van der Waals surface area contributed by atoms with Crippen molar-refractivity contribution in [2.45, 2.75) is 53.4 Å². The molecular weight excluding hydrogens is 456 g/mol. The summed E-state index contributed by atoms with van der Waals surface area (Å²) in [6.07, 6.45) is 4.60. The number of ether oxygens (including phenoxy) is 2. The first-order chi connectivity index (χ1) is 17.1. The van der Waals surface area contributed by atoms with Crippen LogP contribution in [-0.4, -0.2) is 62.3 Å². The Balaban J connectivity index is 1.69. The molecule has 6 heteroatoms. The third kappa shape index (κ3) is 7.92. The Kier molecular flexibility index (Phi) is 11.3. The average molecular weight is 499 g/mol. The van der Waals surface area contributed by atoms with Gasteiger partial charge in [-0.25, -0.2) is 0 Å². The van der Waals surface area contributed by atoms with Crippen molar-refractivity contribution in [2.75, 3.05) is 52.5 Å².